The van der Waals surface area contributed by atoms with E-state index in [1.165, 1.54) is 19.0 Å². The molecule has 1 aromatic rings. The molecule has 108 valence electrons. The Kier molecular flexibility index (Phi) is 3.67. The molecule has 0 radical (unpaired) electrons. The van der Waals surface area contributed by atoms with E-state index in [0.717, 1.165) is 10.5 Å². The van der Waals surface area contributed by atoms with Crippen molar-refractivity contribution in [1.29, 1.82) is 0 Å². The van der Waals surface area contributed by atoms with Gasteiger partial charge >= 0.3 is 0 Å². The Balaban J connectivity index is 2.27. The molecule has 1 atom stereocenters. The van der Waals surface area contributed by atoms with E-state index < -0.39 is 11.6 Å². The molecular weight excluding hydrogens is 260 g/mol. The fraction of sp³-hybridized carbons (Fsp3) is 0.429. The van der Waals surface area contributed by atoms with Gasteiger partial charge in [0, 0.05) is 20.5 Å². The number of amides is 2. The number of nitrogens with zero attached hydrogens (tertiary/aromatic N) is 2. The number of rotatable bonds is 3. The van der Waals surface area contributed by atoms with E-state index in [1.807, 2.05) is 0 Å². The quantitative estimate of drug-likeness (QED) is 0.835. The molecule has 0 bridgehead atoms. The molecule has 1 saturated heterocycles. The molecule has 0 aromatic heterocycles. The monoisotopic (exact) mass is 278 g/mol. The van der Waals surface area contributed by atoms with Crippen LogP contribution in [0, 0.1) is 0 Å². The average molecular weight is 278 g/mol. The van der Waals surface area contributed by atoms with Gasteiger partial charge in [0.25, 0.3) is 5.91 Å². The predicted molar refractivity (Wildman–Crippen MR) is 72.1 cm³/mol. The number of likely N-dealkylation sites (N-methyl/N-ethyl adjacent to an activating group) is 2. The van der Waals surface area contributed by atoms with E-state index in [0.29, 0.717) is 5.75 Å². The van der Waals surface area contributed by atoms with Crippen molar-refractivity contribution in [3.63, 3.8) is 0 Å². The van der Waals surface area contributed by atoms with Gasteiger partial charge in [0.2, 0.25) is 11.6 Å². The highest BCUT2D eigenvalue weighted by molar-refractivity contribution is 5.96. The summed E-state index contributed by atoms with van der Waals surface area (Å²) in [6.07, 6.45) is 0.0441. The molecule has 1 heterocycles. The lowest BCUT2D eigenvalue weighted by Crippen LogP contribution is -2.67. The van der Waals surface area contributed by atoms with E-state index in [2.05, 4.69) is 0 Å². The molecule has 1 fully saturated rings. The third kappa shape index (κ3) is 2.34. The van der Waals surface area contributed by atoms with Crippen molar-refractivity contribution in [2.24, 2.45) is 0 Å². The van der Waals surface area contributed by atoms with E-state index in [9.17, 15) is 14.7 Å². The second-order valence-electron chi connectivity index (χ2n) is 4.96. The summed E-state index contributed by atoms with van der Waals surface area (Å²) in [5.41, 5.74) is -1.09. The molecule has 2 amide bonds. The second kappa shape index (κ2) is 5.13. The van der Waals surface area contributed by atoms with Crippen LogP contribution >= 0.6 is 0 Å². The van der Waals surface area contributed by atoms with Crippen LogP contribution in [0.25, 0.3) is 0 Å². The smallest absolute Gasteiger partial charge is 0.276 e. The van der Waals surface area contributed by atoms with Crippen LogP contribution in [0.4, 0.5) is 0 Å². The minimum absolute atomic E-state index is 0.0136. The van der Waals surface area contributed by atoms with Crippen LogP contribution in [-0.4, -0.2) is 60.2 Å². The molecule has 0 unspecified atom stereocenters. The van der Waals surface area contributed by atoms with Crippen LogP contribution in [0.1, 0.15) is 5.56 Å². The number of hydrogen-bond acceptors (Lipinski definition) is 4. The first kappa shape index (κ1) is 14.3. The molecule has 6 heteroatoms. The van der Waals surface area contributed by atoms with Crippen molar-refractivity contribution in [1.82, 2.24) is 9.80 Å². The second-order valence-corrected chi connectivity index (χ2v) is 4.96. The van der Waals surface area contributed by atoms with E-state index >= 15 is 0 Å². The van der Waals surface area contributed by atoms with Crippen molar-refractivity contribution >= 4 is 11.8 Å². The maximum atomic E-state index is 12.2. The Bertz CT molecular complexity index is 528. The van der Waals surface area contributed by atoms with Crippen molar-refractivity contribution < 1.29 is 19.4 Å². The Hall–Kier alpha value is -2.08. The Morgan fingerprint density at radius 3 is 2.40 bits per heavy atom. The molecule has 0 saturated carbocycles. The summed E-state index contributed by atoms with van der Waals surface area (Å²) in [6, 6.07) is 7.02. The van der Waals surface area contributed by atoms with E-state index in [-0.39, 0.29) is 18.9 Å². The van der Waals surface area contributed by atoms with Gasteiger partial charge in [0.05, 0.1) is 13.7 Å². The highest BCUT2D eigenvalue weighted by Crippen LogP contribution is 2.24. The first-order valence-corrected chi connectivity index (χ1v) is 6.26. The van der Waals surface area contributed by atoms with Gasteiger partial charge in [0.1, 0.15) is 5.75 Å². The number of methoxy groups -OCH3 is 1. The first-order valence-electron chi connectivity index (χ1n) is 6.26. The summed E-state index contributed by atoms with van der Waals surface area (Å²) in [6.45, 7) is -0.0136. The van der Waals surface area contributed by atoms with Crippen LogP contribution in [0.3, 0.4) is 0 Å². The number of hydrogen-bond donors (Lipinski definition) is 1. The van der Waals surface area contributed by atoms with Crippen molar-refractivity contribution in [3.8, 4) is 5.75 Å². The Morgan fingerprint density at radius 1 is 1.25 bits per heavy atom. The van der Waals surface area contributed by atoms with Gasteiger partial charge in [-0.1, -0.05) is 12.1 Å². The highest BCUT2D eigenvalue weighted by Gasteiger charge is 2.48. The topological polar surface area (TPSA) is 70.1 Å². The molecule has 0 aliphatic carbocycles. The standard InChI is InChI=1S/C14H18N2O4/c1-15-9-12(17)16(2)14(19,13(15)18)8-10-4-6-11(20-3)7-5-10/h4-7,19H,8-9H2,1-3H3/t14-/m1/s1. The normalized spacial score (nSPS) is 23.2. The summed E-state index contributed by atoms with van der Waals surface area (Å²) in [5.74, 6) is -0.0733. The SMILES string of the molecule is COc1ccc(C[C@@]2(O)C(=O)N(C)CC(=O)N2C)cc1. The van der Waals surface area contributed by atoms with E-state index in [4.69, 9.17) is 4.74 Å². The van der Waals surface area contributed by atoms with Crippen molar-refractivity contribution in [2.75, 3.05) is 27.7 Å². The number of aliphatic hydroxyl groups is 1. The van der Waals surface area contributed by atoms with Crippen molar-refractivity contribution in [2.45, 2.75) is 12.1 Å². The number of piperazine rings is 1. The fourth-order valence-corrected chi connectivity index (χ4v) is 2.26. The van der Waals surface area contributed by atoms with Crippen LogP contribution < -0.4 is 4.74 Å². The van der Waals surface area contributed by atoms with Crippen LogP contribution in [0.15, 0.2) is 24.3 Å². The zero-order chi connectivity index (χ0) is 14.9. The largest absolute Gasteiger partial charge is 0.497 e. The van der Waals surface area contributed by atoms with Gasteiger partial charge < -0.3 is 19.6 Å². The minimum atomic E-state index is -1.83. The van der Waals surface area contributed by atoms with Crippen LogP contribution in [0.5, 0.6) is 5.75 Å². The number of ether oxygens (including phenoxy) is 1. The molecule has 0 spiro atoms. The molecule has 6 nitrogen and oxygen atoms in total. The third-order valence-electron chi connectivity index (χ3n) is 3.60. The summed E-state index contributed by atoms with van der Waals surface area (Å²) < 4.78 is 5.06. The lowest BCUT2D eigenvalue weighted by molar-refractivity contribution is -0.188. The van der Waals surface area contributed by atoms with Gasteiger partial charge in [-0.25, -0.2) is 0 Å². The summed E-state index contributed by atoms with van der Waals surface area (Å²) in [4.78, 5) is 26.3. The van der Waals surface area contributed by atoms with Gasteiger partial charge in [-0.2, -0.15) is 0 Å². The Labute approximate surface area is 117 Å². The number of benzene rings is 1. The number of carbonyl (C=O) groups is 2. The molecule has 2 rings (SSSR count). The number of carbonyl (C=O) groups excluding carboxylic acids is 2. The lowest BCUT2D eigenvalue weighted by atomic mass is 9.97. The zero-order valence-electron chi connectivity index (χ0n) is 11.8. The van der Waals surface area contributed by atoms with Gasteiger partial charge in [-0.15, -0.1) is 0 Å². The maximum absolute atomic E-state index is 12.2. The lowest BCUT2D eigenvalue weighted by Gasteiger charge is -2.43. The summed E-state index contributed by atoms with van der Waals surface area (Å²) in [7, 11) is 4.51. The predicted octanol–water partition coefficient (Wildman–Crippen LogP) is -0.143. The molecular formula is C14H18N2O4. The van der Waals surface area contributed by atoms with Gasteiger partial charge in [-0.05, 0) is 17.7 Å². The molecule has 1 aliphatic rings. The first-order chi connectivity index (χ1) is 9.38. The maximum Gasteiger partial charge on any atom is 0.276 e. The van der Waals surface area contributed by atoms with Crippen molar-refractivity contribution in [3.05, 3.63) is 29.8 Å². The zero-order valence-corrected chi connectivity index (χ0v) is 11.8. The third-order valence-corrected chi connectivity index (χ3v) is 3.60. The molecule has 20 heavy (non-hydrogen) atoms. The fourth-order valence-electron chi connectivity index (χ4n) is 2.26. The molecule has 1 aliphatic heterocycles. The summed E-state index contributed by atoms with van der Waals surface area (Å²) in [5, 5.41) is 10.6. The van der Waals surface area contributed by atoms with Gasteiger partial charge in [0.15, 0.2) is 0 Å². The summed E-state index contributed by atoms with van der Waals surface area (Å²) >= 11 is 0. The highest BCUT2D eigenvalue weighted by atomic mass is 16.5. The van der Waals surface area contributed by atoms with E-state index in [1.54, 1.807) is 31.4 Å². The van der Waals surface area contributed by atoms with Crippen LogP contribution in [0.2, 0.25) is 0 Å². The average Bonchev–Trinajstić information content (AvgIpc) is 2.44. The molecule has 1 N–H and O–H groups in total. The van der Waals surface area contributed by atoms with Gasteiger partial charge in [-0.3, -0.25) is 9.59 Å². The Morgan fingerprint density at radius 2 is 1.85 bits per heavy atom. The minimum Gasteiger partial charge on any atom is -0.497 e. The molecule has 1 aromatic carbocycles. The van der Waals surface area contributed by atoms with Crippen LogP contribution in [-0.2, 0) is 16.0 Å².